The van der Waals surface area contributed by atoms with E-state index < -0.39 is 5.97 Å². The van der Waals surface area contributed by atoms with Crippen molar-refractivity contribution in [2.75, 3.05) is 0 Å². The van der Waals surface area contributed by atoms with Gasteiger partial charge in [-0.05, 0) is 25.2 Å². The van der Waals surface area contributed by atoms with Crippen molar-refractivity contribution in [2.45, 2.75) is 51.4 Å². The highest BCUT2D eigenvalue weighted by molar-refractivity contribution is 5.66. The molecule has 0 spiro atoms. The Bertz CT molecular complexity index is 196. The monoisotopic (exact) mass is 196 g/mol. The molecule has 1 aliphatic rings. The summed E-state index contributed by atoms with van der Waals surface area (Å²) in [5.41, 5.74) is 0. The molecule has 1 N–H and O–H groups in total. The first-order chi connectivity index (χ1) is 6.79. The summed E-state index contributed by atoms with van der Waals surface area (Å²) in [5.74, 6) is 0.193. The lowest BCUT2D eigenvalue weighted by Crippen LogP contribution is -2.02. The van der Waals surface area contributed by atoms with Gasteiger partial charge in [0.2, 0.25) is 0 Å². The quantitative estimate of drug-likeness (QED) is 0.477. The Morgan fingerprint density at radius 3 is 2.43 bits per heavy atom. The minimum Gasteiger partial charge on any atom is -0.481 e. The molecule has 14 heavy (non-hydrogen) atoms. The molecule has 0 saturated heterocycles. The van der Waals surface area contributed by atoms with Gasteiger partial charge in [-0.1, -0.05) is 37.8 Å². The normalized spacial score (nSPS) is 19.3. The minimum atomic E-state index is -0.662. The maximum absolute atomic E-state index is 10.2. The van der Waals surface area contributed by atoms with Crippen molar-refractivity contribution in [1.29, 1.82) is 0 Å². The number of carboxylic acid groups (broad SMARTS) is 1. The van der Waals surface area contributed by atoms with Crippen molar-refractivity contribution >= 4 is 5.97 Å². The molecule has 0 aliphatic heterocycles. The standard InChI is InChI=1S/C12H20O2/c13-12(14)10-5-3-1-2-4-7-11-8-6-9-11/h6,8,11H,1-5,7,9-10H2,(H,13,14)/t11-/m1/s1. The van der Waals surface area contributed by atoms with Crippen LogP contribution in [0.4, 0.5) is 0 Å². The van der Waals surface area contributed by atoms with Gasteiger partial charge < -0.3 is 5.11 Å². The highest BCUT2D eigenvalue weighted by Gasteiger charge is 2.08. The van der Waals surface area contributed by atoms with E-state index in [0.29, 0.717) is 6.42 Å². The zero-order valence-electron chi connectivity index (χ0n) is 8.74. The smallest absolute Gasteiger partial charge is 0.303 e. The molecule has 0 fully saturated rings. The molecule has 1 aliphatic carbocycles. The van der Waals surface area contributed by atoms with Crippen LogP contribution in [-0.2, 0) is 4.79 Å². The average Bonchev–Trinajstić information content (AvgIpc) is 2.06. The first kappa shape index (κ1) is 11.3. The van der Waals surface area contributed by atoms with Gasteiger partial charge in [0.1, 0.15) is 0 Å². The van der Waals surface area contributed by atoms with E-state index in [0.717, 1.165) is 18.8 Å². The van der Waals surface area contributed by atoms with E-state index in [4.69, 9.17) is 5.11 Å². The number of allylic oxidation sites excluding steroid dienone is 2. The molecule has 1 rings (SSSR count). The molecule has 0 radical (unpaired) electrons. The summed E-state index contributed by atoms with van der Waals surface area (Å²) in [5, 5.41) is 8.42. The fraction of sp³-hybridized carbons (Fsp3) is 0.750. The first-order valence-corrected chi connectivity index (χ1v) is 5.67. The Morgan fingerprint density at radius 2 is 1.86 bits per heavy atom. The highest BCUT2D eigenvalue weighted by Crippen LogP contribution is 2.23. The lowest BCUT2D eigenvalue weighted by molar-refractivity contribution is -0.137. The topological polar surface area (TPSA) is 37.3 Å². The van der Waals surface area contributed by atoms with E-state index >= 15 is 0 Å². The molecular weight excluding hydrogens is 176 g/mol. The highest BCUT2D eigenvalue weighted by atomic mass is 16.4. The molecule has 1 atom stereocenters. The number of carboxylic acids is 1. The summed E-state index contributed by atoms with van der Waals surface area (Å²) >= 11 is 0. The lowest BCUT2D eigenvalue weighted by Gasteiger charge is -2.16. The molecular formula is C12H20O2. The van der Waals surface area contributed by atoms with Gasteiger partial charge in [-0.25, -0.2) is 0 Å². The summed E-state index contributed by atoms with van der Waals surface area (Å²) in [7, 11) is 0. The van der Waals surface area contributed by atoms with Gasteiger partial charge >= 0.3 is 5.97 Å². The van der Waals surface area contributed by atoms with Crippen LogP contribution in [0.5, 0.6) is 0 Å². The molecule has 0 aromatic heterocycles. The molecule has 0 amide bonds. The molecule has 80 valence electrons. The van der Waals surface area contributed by atoms with Gasteiger partial charge in [0.25, 0.3) is 0 Å². The van der Waals surface area contributed by atoms with Crippen LogP contribution >= 0.6 is 0 Å². The molecule has 0 unspecified atom stereocenters. The third kappa shape index (κ3) is 5.05. The zero-order chi connectivity index (χ0) is 10.2. The van der Waals surface area contributed by atoms with Gasteiger partial charge in [0.05, 0.1) is 0 Å². The average molecular weight is 196 g/mol. The number of rotatable bonds is 8. The van der Waals surface area contributed by atoms with Crippen molar-refractivity contribution in [3.63, 3.8) is 0 Å². The summed E-state index contributed by atoms with van der Waals surface area (Å²) < 4.78 is 0. The van der Waals surface area contributed by atoms with Gasteiger partial charge in [-0.3, -0.25) is 4.79 Å². The van der Waals surface area contributed by atoms with Crippen LogP contribution in [0.15, 0.2) is 12.2 Å². The molecule has 0 saturated carbocycles. The summed E-state index contributed by atoms with van der Waals surface area (Å²) in [6, 6.07) is 0. The molecule has 0 bridgehead atoms. The largest absolute Gasteiger partial charge is 0.481 e. The summed E-state index contributed by atoms with van der Waals surface area (Å²) in [4.78, 5) is 10.2. The van der Waals surface area contributed by atoms with Crippen LogP contribution in [0, 0.1) is 5.92 Å². The van der Waals surface area contributed by atoms with E-state index in [1.807, 2.05) is 0 Å². The van der Waals surface area contributed by atoms with Crippen LogP contribution in [0.3, 0.4) is 0 Å². The van der Waals surface area contributed by atoms with E-state index in [1.165, 1.54) is 32.1 Å². The summed E-state index contributed by atoms with van der Waals surface area (Å²) in [6.45, 7) is 0. The van der Waals surface area contributed by atoms with Crippen molar-refractivity contribution < 1.29 is 9.90 Å². The Balaban J connectivity index is 1.75. The van der Waals surface area contributed by atoms with Gasteiger partial charge in [0.15, 0.2) is 0 Å². The number of aliphatic carboxylic acids is 1. The van der Waals surface area contributed by atoms with Crippen LogP contribution in [0.1, 0.15) is 51.4 Å². The van der Waals surface area contributed by atoms with Crippen LogP contribution in [0.25, 0.3) is 0 Å². The molecule has 0 aromatic carbocycles. The molecule has 2 nitrogen and oxygen atoms in total. The molecule has 0 aromatic rings. The van der Waals surface area contributed by atoms with E-state index in [-0.39, 0.29) is 0 Å². The minimum absolute atomic E-state index is 0.339. The Hall–Kier alpha value is -0.790. The van der Waals surface area contributed by atoms with E-state index in [9.17, 15) is 4.79 Å². The maximum Gasteiger partial charge on any atom is 0.303 e. The van der Waals surface area contributed by atoms with Crippen molar-refractivity contribution in [1.82, 2.24) is 0 Å². The summed E-state index contributed by atoms with van der Waals surface area (Å²) in [6.07, 6.45) is 13.2. The van der Waals surface area contributed by atoms with Gasteiger partial charge in [0, 0.05) is 6.42 Å². The second kappa shape index (κ2) is 6.63. The number of unbranched alkanes of at least 4 members (excludes halogenated alkanes) is 4. The fourth-order valence-corrected chi connectivity index (χ4v) is 1.76. The second-order valence-corrected chi connectivity index (χ2v) is 4.12. The van der Waals surface area contributed by atoms with Crippen LogP contribution in [0.2, 0.25) is 0 Å². The SMILES string of the molecule is O=C(O)CCCCCCC[C@@H]1C=CC1. The first-order valence-electron chi connectivity index (χ1n) is 5.67. The Labute approximate surface area is 86.0 Å². The van der Waals surface area contributed by atoms with Gasteiger partial charge in [-0.2, -0.15) is 0 Å². The number of hydrogen-bond donors (Lipinski definition) is 1. The van der Waals surface area contributed by atoms with Crippen molar-refractivity contribution in [2.24, 2.45) is 5.92 Å². The maximum atomic E-state index is 10.2. The Morgan fingerprint density at radius 1 is 1.21 bits per heavy atom. The second-order valence-electron chi connectivity index (χ2n) is 4.12. The predicted molar refractivity (Wildman–Crippen MR) is 57.2 cm³/mol. The van der Waals surface area contributed by atoms with Crippen molar-refractivity contribution in [3.05, 3.63) is 12.2 Å². The van der Waals surface area contributed by atoms with E-state index in [1.54, 1.807) is 0 Å². The third-order valence-electron chi connectivity index (χ3n) is 2.81. The zero-order valence-corrected chi connectivity index (χ0v) is 8.74. The predicted octanol–water partition coefficient (Wildman–Crippen LogP) is 3.38. The van der Waals surface area contributed by atoms with Crippen molar-refractivity contribution in [3.8, 4) is 0 Å². The third-order valence-corrected chi connectivity index (χ3v) is 2.81. The van der Waals surface area contributed by atoms with Crippen LogP contribution < -0.4 is 0 Å². The Kier molecular flexibility index (Phi) is 5.35. The number of carbonyl (C=O) groups is 1. The van der Waals surface area contributed by atoms with E-state index in [2.05, 4.69) is 12.2 Å². The molecule has 2 heteroatoms. The van der Waals surface area contributed by atoms with Gasteiger partial charge in [-0.15, -0.1) is 0 Å². The fourth-order valence-electron chi connectivity index (χ4n) is 1.76. The van der Waals surface area contributed by atoms with Crippen LogP contribution in [-0.4, -0.2) is 11.1 Å². The molecule has 0 heterocycles. The number of hydrogen-bond acceptors (Lipinski definition) is 1. The lowest BCUT2D eigenvalue weighted by atomic mass is 9.90.